The number of benzene rings is 2. The highest BCUT2D eigenvalue weighted by Gasteiger charge is 2.22. The van der Waals surface area contributed by atoms with Crippen LogP contribution in [0.4, 0.5) is 11.4 Å². The maximum Gasteiger partial charge on any atom is 0.340 e. The molecule has 32 heavy (non-hydrogen) atoms. The number of nitro benzene ring substituents is 1. The van der Waals surface area contributed by atoms with Gasteiger partial charge in [-0.1, -0.05) is 30.3 Å². The number of nitro groups is 1. The Morgan fingerprint density at radius 3 is 2.53 bits per heavy atom. The fourth-order valence-electron chi connectivity index (χ4n) is 3.71. The number of esters is 1. The SMILES string of the molecule is CCOC(=O)c1cccc([N+](=O)[O-])c1NCc1ccc(-c2c(C#N)cc(C)n2CC)cc1. The monoisotopic (exact) mass is 432 g/mol. The van der Waals surface area contributed by atoms with Gasteiger partial charge in [-0.15, -0.1) is 0 Å². The summed E-state index contributed by atoms with van der Waals surface area (Å²) in [4.78, 5) is 23.2. The highest BCUT2D eigenvalue weighted by molar-refractivity contribution is 5.98. The van der Waals surface area contributed by atoms with Crippen LogP contribution in [0.3, 0.4) is 0 Å². The van der Waals surface area contributed by atoms with E-state index >= 15 is 0 Å². The minimum Gasteiger partial charge on any atom is -0.462 e. The Hall–Kier alpha value is -4.12. The molecule has 0 atom stereocenters. The standard InChI is InChI=1S/C24H24N4O4/c1-4-27-16(3)13-19(14-25)23(27)18-11-9-17(10-12-18)15-26-22-20(24(29)32-5-2)7-6-8-21(22)28(30)31/h6-13,26H,4-5,15H2,1-3H3. The van der Waals surface area contributed by atoms with Crippen LogP contribution in [-0.2, 0) is 17.8 Å². The molecule has 3 aromatic rings. The van der Waals surface area contributed by atoms with E-state index in [1.165, 1.54) is 18.2 Å². The van der Waals surface area contributed by atoms with Gasteiger partial charge in [0.05, 0.1) is 28.4 Å². The van der Waals surface area contributed by atoms with Gasteiger partial charge in [-0.05, 0) is 44.0 Å². The smallest absolute Gasteiger partial charge is 0.340 e. The van der Waals surface area contributed by atoms with E-state index in [9.17, 15) is 20.2 Å². The van der Waals surface area contributed by atoms with Crippen molar-refractivity contribution in [3.8, 4) is 17.3 Å². The molecular weight excluding hydrogens is 408 g/mol. The van der Waals surface area contributed by atoms with E-state index in [0.29, 0.717) is 5.56 Å². The van der Waals surface area contributed by atoms with Crippen LogP contribution in [0.5, 0.6) is 0 Å². The molecule has 0 saturated carbocycles. The molecule has 0 aliphatic heterocycles. The summed E-state index contributed by atoms with van der Waals surface area (Å²) in [6.45, 7) is 6.88. The molecule has 8 heteroatoms. The average Bonchev–Trinajstić information content (AvgIpc) is 3.13. The number of anilines is 1. The van der Waals surface area contributed by atoms with Crippen LogP contribution in [0.1, 0.15) is 41.0 Å². The predicted octanol–water partition coefficient (Wildman–Crippen LogP) is 5.05. The Kier molecular flexibility index (Phi) is 6.90. The topological polar surface area (TPSA) is 110 Å². The number of nitrogens with zero attached hydrogens (tertiary/aromatic N) is 3. The summed E-state index contributed by atoms with van der Waals surface area (Å²) in [6.07, 6.45) is 0. The van der Waals surface area contributed by atoms with E-state index in [1.54, 1.807) is 6.92 Å². The molecule has 0 radical (unpaired) electrons. The van der Waals surface area contributed by atoms with Crippen LogP contribution >= 0.6 is 0 Å². The second-order valence-corrected chi connectivity index (χ2v) is 7.13. The van der Waals surface area contributed by atoms with E-state index in [0.717, 1.165) is 29.1 Å². The van der Waals surface area contributed by atoms with Crippen molar-refractivity contribution >= 4 is 17.3 Å². The third-order valence-corrected chi connectivity index (χ3v) is 5.17. The lowest BCUT2D eigenvalue weighted by Gasteiger charge is -2.13. The number of hydrogen-bond donors (Lipinski definition) is 1. The Bertz CT molecular complexity index is 1190. The normalized spacial score (nSPS) is 10.4. The van der Waals surface area contributed by atoms with E-state index in [-0.39, 0.29) is 30.1 Å². The summed E-state index contributed by atoms with van der Waals surface area (Å²) in [7, 11) is 0. The van der Waals surface area contributed by atoms with Gasteiger partial charge in [0.25, 0.3) is 5.69 Å². The molecule has 0 unspecified atom stereocenters. The van der Waals surface area contributed by atoms with Crippen LogP contribution < -0.4 is 5.32 Å². The minimum atomic E-state index is -0.617. The second-order valence-electron chi connectivity index (χ2n) is 7.13. The first-order valence-electron chi connectivity index (χ1n) is 10.3. The number of nitriles is 1. The molecule has 2 aromatic carbocycles. The van der Waals surface area contributed by atoms with Crippen molar-refractivity contribution in [3.05, 3.63) is 81.0 Å². The Balaban J connectivity index is 1.88. The zero-order chi connectivity index (χ0) is 23.3. The summed E-state index contributed by atoms with van der Waals surface area (Å²) in [6, 6.07) is 16.1. The maximum atomic E-state index is 12.3. The Morgan fingerprint density at radius 2 is 1.94 bits per heavy atom. The van der Waals surface area contributed by atoms with Gasteiger partial charge in [0.1, 0.15) is 11.8 Å². The maximum absolute atomic E-state index is 12.3. The van der Waals surface area contributed by atoms with Crippen molar-refractivity contribution in [2.24, 2.45) is 0 Å². The van der Waals surface area contributed by atoms with E-state index in [4.69, 9.17) is 4.74 Å². The number of nitrogens with one attached hydrogen (secondary N) is 1. The lowest BCUT2D eigenvalue weighted by Crippen LogP contribution is -2.11. The average molecular weight is 432 g/mol. The molecule has 0 spiro atoms. The first-order valence-corrected chi connectivity index (χ1v) is 10.3. The van der Waals surface area contributed by atoms with Crippen LogP contribution in [0.25, 0.3) is 11.3 Å². The summed E-state index contributed by atoms with van der Waals surface area (Å²) in [5.74, 6) is -0.617. The third kappa shape index (κ3) is 4.47. The van der Waals surface area contributed by atoms with Gasteiger partial charge in [-0.3, -0.25) is 10.1 Å². The van der Waals surface area contributed by atoms with Crippen molar-refractivity contribution in [3.63, 3.8) is 0 Å². The summed E-state index contributed by atoms with van der Waals surface area (Å²) in [5, 5.41) is 24.0. The first kappa shape index (κ1) is 22.6. The molecule has 0 amide bonds. The molecule has 1 aromatic heterocycles. The summed E-state index contributed by atoms with van der Waals surface area (Å²) < 4.78 is 7.12. The molecule has 0 aliphatic carbocycles. The van der Waals surface area contributed by atoms with Gasteiger partial charge >= 0.3 is 5.97 Å². The number of carbonyl (C=O) groups excluding carboxylic acids is 1. The zero-order valence-electron chi connectivity index (χ0n) is 18.2. The van der Waals surface area contributed by atoms with Gasteiger partial charge < -0.3 is 14.6 Å². The van der Waals surface area contributed by atoms with Crippen molar-refractivity contribution in [1.29, 1.82) is 5.26 Å². The molecule has 0 saturated heterocycles. The van der Waals surface area contributed by atoms with Gasteiger partial charge in [0.15, 0.2) is 0 Å². The zero-order valence-corrected chi connectivity index (χ0v) is 18.2. The largest absolute Gasteiger partial charge is 0.462 e. The number of ether oxygens (including phenoxy) is 1. The fourth-order valence-corrected chi connectivity index (χ4v) is 3.71. The van der Waals surface area contributed by atoms with Gasteiger partial charge in [-0.2, -0.15) is 5.26 Å². The molecule has 1 heterocycles. The fraction of sp³-hybridized carbons (Fsp3) is 0.250. The van der Waals surface area contributed by atoms with Crippen molar-refractivity contribution in [2.45, 2.75) is 33.9 Å². The van der Waals surface area contributed by atoms with Gasteiger partial charge in [-0.25, -0.2) is 4.79 Å². The minimum absolute atomic E-state index is 0.118. The molecular formula is C24H24N4O4. The number of carbonyl (C=O) groups is 1. The molecule has 0 aliphatic rings. The number of para-hydroxylation sites is 1. The highest BCUT2D eigenvalue weighted by Crippen LogP contribution is 2.30. The number of rotatable bonds is 8. The third-order valence-electron chi connectivity index (χ3n) is 5.17. The first-order chi connectivity index (χ1) is 15.4. The van der Waals surface area contributed by atoms with Crippen LogP contribution in [0.2, 0.25) is 0 Å². The Morgan fingerprint density at radius 1 is 1.22 bits per heavy atom. The molecule has 0 fully saturated rings. The Labute approximate surface area is 186 Å². The molecule has 0 bridgehead atoms. The number of hydrogen-bond acceptors (Lipinski definition) is 6. The van der Waals surface area contributed by atoms with Crippen molar-refractivity contribution in [1.82, 2.24) is 4.57 Å². The second kappa shape index (κ2) is 9.79. The molecule has 1 N–H and O–H groups in total. The molecule has 8 nitrogen and oxygen atoms in total. The summed E-state index contributed by atoms with van der Waals surface area (Å²) >= 11 is 0. The quantitative estimate of drug-likeness (QED) is 0.303. The van der Waals surface area contributed by atoms with Crippen LogP contribution in [-0.4, -0.2) is 22.1 Å². The van der Waals surface area contributed by atoms with E-state index in [2.05, 4.69) is 16.0 Å². The van der Waals surface area contributed by atoms with Gasteiger partial charge in [0, 0.05) is 24.8 Å². The highest BCUT2D eigenvalue weighted by atomic mass is 16.6. The lowest BCUT2D eigenvalue weighted by molar-refractivity contribution is -0.384. The number of aryl methyl sites for hydroxylation is 1. The van der Waals surface area contributed by atoms with Crippen molar-refractivity contribution in [2.75, 3.05) is 11.9 Å². The van der Waals surface area contributed by atoms with Crippen LogP contribution in [0, 0.1) is 28.4 Å². The van der Waals surface area contributed by atoms with Gasteiger partial charge in [0.2, 0.25) is 0 Å². The van der Waals surface area contributed by atoms with E-state index < -0.39 is 10.9 Å². The molecule has 3 rings (SSSR count). The summed E-state index contributed by atoms with van der Waals surface area (Å²) in [5.41, 5.74) is 4.35. The van der Waals surface area contributed by atoms with E-state index in [1.807, 2.05) is 44.2 Å². The van der Waals surface area contributed by atoms with Crippen LogP contribution in [0.15, 0.2) is 48.5 Å². The molecule has 164 valence electrons. The lowest BCUT2D eigenvalue weighted by atomic mass is 10.1. The number of aromatic nitrogens is 1. The predicted molar refractivity (Wildman–Crippen MR) is 121 cm³/mol. The van der Waals surface area contributed by atoms with Crippen molar-refractivity contribution < 1.29 is 14.5 Å².